The molecule has 2 aromatic carbocycles. The van der Waals surface area contributed by atoms with Gasteiger partial charge in [0.15, 0.2) is 9.84 Å². The lowest BCUT2D eigenvalue weighted by molar-refractivity contribution is -0.146. The number of carbonyl (C=O) groups excluding carboxylic acids is 2. The van der Waals surface area contributed by atoms with Crippen molar-refractivity contribution in [2.45, 2.75) is 10.1 Å². The number of nitrogens with one attached hydrogen (secondary N) is 1. The Balaban J connectivity index is 1.76. The van der Waals surface area contributed by atoms with Crippen molar-refractivity contribution in [3.63, 3.8) is 0 Å². The molecule has 1 aliphatic rings. The van der Waals surface area contributed by atoms with Crippen LogP contribution in [-0.4, -0.2) is 69.8 Å². The lowest BCUT2D eigenvalue weighted by Crippen LogP contribution is -2.52. The summed E-state index contributed by atoms with van der Waals surface area (Å²) in [6.45, 7) is 2.18. The number of rotatable bonds is 5. The van der Waals surface area contributed by atoms with Crippen LogP contribution in [0.4, 0.5) is 0 Å². The average molecular weight is 416 g/mol. The van der Waals surface area contributed by atoms with E-state index in [2.05, 4.69) is 10.2 Å². The second-order valence-electron chi connectivity index (χ2n) is 7.06. The van der Waals surface area contributed by atoms with E-state index in [-0.39, 0.29) is 11.4 Å². The molecule has 1 saturated heterocycles. The van der Waals surface area contributed by atoms with Crippen molar-refractivity contribution in [3.05, 3.63) is 66.2 Å². The summed E-state index contributed by atoms with van der Waals surface area (Å²) in [5.74, 6) is -1.40. The van der Waals surface area contributed by atoms with Crippen molar-refractivity contribution in [1.82, 2.24) is 15.1 Å². The van der Waals surface area contributed by atoms with Gasteiger partial charge in [0.05, 0.1) is 4.90 Å². The number of benzene rings is 2. The summed E-state index contributed by atoms with van der Waals surface area (Å²) < 4.78 is 26.4. The summed E-state index contributed by atoms with van der Waals surface area (Å²) in [7, 11) is -1.79. The van der Waals surface area contributed by atoms with Crippen molar-refractivity contribution in [2.24, 2.45) is 0 Å². The van der Waals surface area contributed by atoms with Crippen LogP contribution in [0.1, 0.15) is 10.8 Å². The number of carbonyl (C=O) groups is 2. The molecule has 1 aliphatic heterocycles. The maximum absolute atomic E-state index is 13.2. The highest BCUT2D eigenvalue weighted by atomic mass is 32.2. The van der Waals surface area contributed by atoms with Crippen LogP contribution in [0.15, 0.2) is 65.6 Å². The molecule has 29 heavy (non-hydrogen) atoms. The Hall–Kier alpha value is -2.71. The summed E-state index contributed by atoms with van der Waals surface area (Å²) in [5, 5.41) is 1.55. The Labute approximate surface area is 171 Å². The van der Waals surface area contributed by atoms with Gasteiger partial charge in [-0.1, -0.05) is 48.5 Å². The Morgan fingerprint density at radius 2 is 1.48 bits per heavy atom. The second kappa shape index (κ2) is 9.19. The molecule has 0 aromatic heterocycles. The fourth-order valence-corrected chi connectivity index (χ4v) is 4.95. The van der Waals surface area contributed by atoms with Gasteiger partial charge in [-0.2, -0.15) is 0 Å². The summed E-state index contributed by atoms with van der Waals surface area (Å²) in [5.41, 5.74) is 0.559. The van der Waals surface area contributed by atoms with E-state index in [0.29, 0.717) is 31.7 Å². The molecule has 2 amide bonds. The van der Waals surface area contributed by atoms with Crippen LogP contribution in [0.5, 0.6) is 0 Å². The zero-order valence-corrected chi connectivity index (χ0v) is 17.1. The van der Waals surface area contributed by atoms with Crippen LogP contribution in [0.25, 0.3) is 0 Å². The third-order valence-electron chi connectivity index (χ3n) is 5.05. The zero-order chi connectivity index (χ0) is 20.9. The van der Waals surface area contributed by atoms with Gasteiger partial charge in [0.1, 0.15) is 5.25 Å². The summed E-state index contributed by atoms with van der Waals surface area (Å²) in [4.78, 5) is 28.6. The van der Waals surface area contributed by atoms with Crippen LogP contribution in [-0.2, 0) is 19.4 Å². The standard InChI is InChI=1S/C21H25N3O4S/c1-23-12-14-24(15-13-23)21(26)20(25)22-16-19(17-8-4-2-5-9-17)29(27,28)18-10-6-3-7-11-18/h2-11,19H,12-16H2,1H3,(H,22,25)/t19-/m1/s1. The van der Waals surface area contributed by atoms with E-state index in [9.17, 15) is 18.0 Å². The van der Waals surface area contributed by atoms with E-state index in [1.165, 1.54) is 17.0 Å². The van der Waals surface area contributed by atoms with Crippen LogP contribution in [0.3, 0.4) is 0 Å². The fourth-order valence-electron chi connectivity index (χ4n) is 3.26. The SMILES string of the molecule is CN1CCN(C(=O)C(=O)NC[C@H](c2ccccc2)S(=O)(=O)c2ccccc2)CC1. The van der Waals surface area contributed by atoms with E-state index >= 15 is 0 Å². The average Bonchev–Trinajstić information content (AvgIpc) is 2.75. The van der Waals surface area contributed by atoms with Gasteiger partial charge in [0, 0.05) is 32.7 Å². The molecule has 2 aromatic rings. The quantitative estimate of drug-likeness (QED) is 0.739. The van der Waals surface area contributed by atoms with Gasteiger partial charge in [-0.3, -0.25) is 9.59 Å². The Bertz CT molecular complexity index is 940. The highest BCUT2D eigenvalue weighted by Crippen LogP contribution is 2.28. The third kappa shape index (κ3) is 5.02. The van der Waals surface area contributed by atoms with Crippen molar-refractivity contribution in [3.8, 4) is 0 Å². The minimum absolute atomic E-state index is 0.175. The Morgan fingerprint density at radius 1 is 0.931 bits per heavy atom. The van der Waals surface area contributed by atoms with Crippen molar-refractivity contribution < 1.29 is 18.0 Å². The first kappa shape index (κ1) is 21.0. The number of sulfone groups is 1. The van der Waals surface area contributed by atoms with Crippen LogP contribution in [0.2, 0.25) is 0 Å². The number of hydrogen-bond acceptors (Lipinski definition) is 5. The van der Waals surface area contributed by atoms with Gasteiger partial charge >= 0.3 is 11.8 Å². The summed E-state index contributed by atoms with van der Waals surface area (Å²) in [6, 6.07) is 16.8. The maximum atomic E-state index is 13.2. The first-order valence-electron chi connectivity index (χ1n) is 9.49. The second-order valence-corrected chi connectivity index (χ2v) is 9.19. The van der Waals surface area contributed by atoms with Gasteiger partial charge in [-0.05, 0) is 24.7 Å². The lowest BCUT2D eigenvalue weighted by atomic mass is 10.1. The number of likely N-dealkylation sites (N-methyl/N-ethyl adjacent to an activating group) is 1. The molecule has 1 fully saturated rings. The molecule has 1 heterocycles. The molecule has 154 valence electrons. The smallest absolute Gasteiger partial charge is 0.311 e. The molecular weight excluding hydrogens is 390 g/mol. The maximum Gasteiger partial charge on any atom is 0.311 e. The third-order valence-corrected chi connectivity index (χ3v) is 7.17. The van der Waals surface area contributed by atoms with E-state index < -0.39 is 26.9 Å². The molecule has 0 spiro atoms. The highest BCUT2D eigenvalue weighted by molar-refractivity contribution is 7.91. The Morgan fingerprint density at radius 3 is 2.07 bits per heavy atom. The van der Waals surface area contributed by atoms with Crippen molar-refractivity contribution >= 4 is 21.7 Å². The summed E-state index contributed by atoms with van der Waals surface area (Å²) in [6.07, 6.45) is 0. The minimum atomic E-state index is -3.75. The first-order valence-corrected chi connectivity index (χ1v) is 11.0. The number of piperazine rings is 1. The predicted molar refractivity (Wildman–Crippen MR) is 110 cm³/mol. The van der Waals surface area contributed by atoms with Crippen molar-refractivity contribution in [1.29, 1.82) is 0 Å². The van der Waals surface area contributed by atoms with Crippen LogP contribution in [0, 0.1) is 0 Å². The summed E-state index contributed by atoms with van der Waals surface area (Å²) >= 11 is 0. The monoisotopic (exact) mass is 415 g/mol. The molecule has 8 heteroatoms. The van der Waals surface area contributed by atoms with Crippen LogP contribution >= 0.6 is 0 Å². The van der Waals surface area contributed by atoms with Gasteiger partial charge in [-0.25, -0.2) is 8.42 Å². The molecule has 0 saturated carbocycles. The molecule has 3 rings (SSSR count). The van der Waals surface area contributed by atoms with Crippen molar-refractivity contribution in [2.75, 3.05) is 39.8 Å². The molecule has 7 nitrogen and oxygen atoms in total. The van der Waals surface area contributed by atoms with Crippen LogP contribution < -0.4 is 5.32 Å². The normalized spacial score (nSPS) is 16.2. The molecule has 0 radical (unpaired) electrons. The first-order chi connectivity index (χ1) is 13.9. The fraction of sp³-hybridized carbons (Fsp3) is 0.333. The molecule has 0 bridgehead atoms. The zero-order valence-electron chi connectivity index (χ0n) is 16.3. The van der Waals surface area contributed by atoms with E-state index in [1.54, 1.807) is 48.5 Å². The molecule has 0 unspecified atom stereocenters. The molecule has 0 aliphatic carbocycles. The molecule has 1 atom stereocenters. The van der Waals surface area contributed by atoms with Gasteiger partial charge < -0.3 is 15.1 Å². The molecular formula is C21H25N3O4S. The Kier molecular flexibility index (Phi) is 6.66. The predicted octanol–water partition coefficient (Wildman–Crippen LogP) is 1.09. The topological polar surface area (TPSA) is 86.8 Å². The van der Waals surface area contributed by atoms with E-state index in [4.69, 9.17) is 0 Å². The lowest BCUT2D eigenvalue weighted by Gasteiger charge is -2.32. The largest absolute Gasteiger partial charge is 0.346 e. The molecule has 1 N–H and O–H groups in total. The van der Waals surface area contributed by atoms with Gasteiger partial charge in [0.2, 0.25) is 0 Å². The van der Waals surface area contributed by atoms with Gasteiger partial charge in [-0.15, -0.1) is 0 Å². The number of amides is 2. The van der Waals surface area contributed by atoms with E-state index in [0.717, 1.165) is 0 Å². The van der Waals surface area contributed by atoms with Gasteiger partial charge in [0.25, 0.3) is 0 Å². The number of nitrogens with zero attached hydrogens (tertiary/aromatic N) is 2. The van der Waals surface area contributed by atoms with E-state index in [1.807, 2.05) is 7.05 Å². The number of hydrogen-bond donors (Lipinski definition) is 1. The minimum Gasteiger partial charge on any atom is -0.346 e. The highest BCUT2D eigenvalue weighted by Gasteiger charge is 2.31.